The van der Waals surface area contributed by atoms with Crippen LogP contribution in [0, 0.1) is 11.8 Å². The van der Waals surface area contributed by atoms with Gasteiger partial charge in [-0.25, -0.2) is 0 Å². The van der Waals surface area contributed by atoms with E-state index >= 15 is 0 Å². The van der Waals surface area contributed by atoms with Gasteiger partial charge in [-0.1, -0.05) is 33.8 Å². The highest BCUT2D eigenvalue weighted by Crippen LogP contribution is 2.32. The lowest BCUT2D eigenvalue weighted by molar-refractivity contribution is 0.102. The van der Waals surface area contributed by atoms with Gasteiger partial charge in [0.2, 0.25) is 0 Å². The molecule has 2 atom stereocenters. The van der Waals surface area contributed by atoms with Crippen molar-refractivity contribution in [1.82, 2.24) is 10.2 Å². The highest BCUT2D eigenvalue weighted by molar-refractivity contribution is 7.10. The zero-order valence-electron chi connectivity index (χ0n) is 12.0. The molecule has 2 heterocycles. The molecular weight excluding hydrogens is 240 g/mol. The molecule has 2 rings (SSSR count). The van der Waals surface area contributed by atoms with Crippen molar-refractivity contribution in [3.63, 3.8) is 0 Å². The average Bonchev–Trinajstić information content (AvgIpc) is 2.82. The maximum absolute atomic E-state index is 3.65. The van der Waals surface area contributed by atoms with Crippen LogP contribution in [0.15, 0.2) is 17.5 Å². The van der Waals surface area contributed by atoms with Crippen LogP contribution in [0.1, 0.15) is 38.6 Å². The van der Waals surface area contributed by atoms with Crippen molar-refractivity contribution in [2.45, 2.75) is 39.8 Å². The summed E-state index contributed by atoms with van der Waals surface area (Å²) in [6.45, 7) is 12.8. The first-order chi connectivity index (χ1) is 8.59. The molecule has 3 heteroatoms. The smallest absolute Gasteiger partial charge is 0.0465 e. The molecular formula is C15H26N2S. The molecule has 0 amide bonds. The van der Waals surface area contributed by atoms with Crippen LogP contribution >= 0.6 is 11.3 Å². The molecule has 1 aromatic heterocycles. The fraction of sp³-hybridized carbons (Fsp3) is 0.733. The predicted molar refractivity (Wildman–Crippen MR) is 80.1 cm³/mol. The van der Waals surface area contributed by atoms with Crippen LogP contribution in [0.2, 0.25) is 0 Å². The van der Waals surface area contributed by atoms with Gasteiger partial charge in [0.05, 0.1) is 0 Å². The summed E-state index contributed by atoms with van der Waals surface area (Å²) in [5, 5.41) is 5.85. The quantitative estimate of drug-likeness (QED) is 0.899. The molecule has 0 aliphatic carbocycles. The van der Waals surface area contributed by atoms with E-state index in [1.54, 1.807) is 0 Å². The molecule has 1 fully saturated rings. The lowest BCUT2D eigenvalue weighted by Gasteiger charge is -2.41. The number of piperazine rings is 1. The maximum atomic E-state index is 3.65. The van der Waals surface area contributed by atoms with Crippen LogP contribution in [0.5, 0.6) is 0 Å². The Morgan fingerprint density at radius 2 is 2.11 bits per heavy atom. The molecule has 18 heavy (non-hydrogen) atoms. The van der Waals surface area contributed by atoms with Crippen molar-refractivity contribution in [3.05, 3.63) is 22.4 Å². The van der Waals surface area contributed by atoms with Gasteiger partial charge in [-0.2, -0.15) is 0 Å². The summed E-state index contributed by atoms with van der Waals surface area (Å²) in [4.78, 5) is 4.20. The molecule has 1 aliphatic rings. The number of nitrogens with zero attached hydrogens (tertiary/aromatic N) is 1. The Balaban J connectivity index is 2.11. The molecule has 2 nitrogen and oxygen atoms in total. The summed E-state index contributed by atoms with van der Waals surface area (Å²) >= 11 is 1.90. The minimum absolute atomic E-state index is 0.591. The van der Waals surface area contributed by atoms with Crippen LogP contribution in [0.4, 0.5) is 0 Å². The summed E-state index contributed by atoms with van der Waals surface area (Å²) in [7, 11) is 0. The second-order valence-electron chi connectivity index (χ2n) is 6.00. The molecule has 0 bridgehead atoms. The third kappa shape index (κ3) is 3.14. The van der Waals surface area contributed by atoms with Gasteiger partial charge in [0, 0.05) is 36.6 Å². The maximum Gasteiger partial charge on any atom is 0.0465 e. The topological polar surface area (TPSA) is 15.3 Å². The van der Waals surface area contributed by atoms with Crippen molar-refractivity contribution in [2.75, 3.05) is 19.6 Å². The number of nitrogens with one attached hydrogen (secondary N) is 1. The summed E-state index contributed by atoms with van der Waals surface area (Å²) in [5.74, 6) is 1.39. The third-order valence-electron chi connectivity index (χ3n) is 3.90. The van der Waals surface area contributed by atoms with Gasteiger partial charge < -0.3 is 5.32 Å². The zero-order chi connectivity index (χ0) is 13.1. The molecule has 0 saturated carbocycles. The van der Waals surface area contributed by atoms with Crippen molar-refractivity contribution >= 4 is 11.3 Å². The number of hydrogen-bond acceptors (Lipinski definition) is 3. The first kappa shape index (κ1) is 14.0. The van der Waals surface area contributed by atoms with Gasteiger partial charge in [0.25, 0.3) is 0 Å². The van der Waals surface area contributed by atoms with E-state index in [4.69, 9.17) is 0 Å². The third-order valence-corrected chi connectivity index (χ3v) is 4.84. The number of rotatable bonds is 4. The van der Waals surface area contributed by atoms with Gasteiger partial charge in [-0.15, -0.1) is 11.3 Å². The van der Waals surface area contributed by atoms with Crippen LogP contribution in [0.3, 0.4) is 0 Å². The van der Waals surface area contributed by atoms with E-state index < -0.39 is 0 Å². The Bertz CT molecular complexity index is 345. The minimum Gasteiger partial charge on any atom is -0.311 e. The van der Waals surface area contributed by atoms with E-state index in [9.17, 15) is 0 Å². The summed E-state index contributed by atoms with van der Waals surface area (Å²) in [6.07, 6.45) is 0. The second kappa shape index (κ2) is 6.18. The van der Waals surface area contributed by atoms with E-state index in [1.165, 1.54) is 18.0 Å². The van der Waals surface area contributed by atoms with Gasteiger partial charge in [0.15, 0.2) is 0 Å². The Labute approximate surface area is 115 Å². The molecule has 1 aromatic rings. The predicted octanol–water partition coefficient (Wildman–Crippen LogP) is 3.38. The van der Waals surface area contributed by atoms with Gasteiger partial charge in [-0.3, -0.25) is 4.90 Å². The molecule has 1 N–H and O–H groups in total. The largest absolute Gasteiger partial charge is 0.311 e. The van der Waals surface area contributed by atoms with E-state index in [2.05, 4.69) is 55.4 Å². The Morgan fingerprint density at radius 3 is 2.67 bits per heavy atom. The van der Waals surface area contributed by atoms with E-state index in [-0.39, 0.29) is 0 Å². The van der Waals surface area contributed by atoms with E-state index in [1.807, 2.05) is 11.3 Å². The van der Waals surface area contributed by atoms with E-state index in [0.717, 1.165) is 6.54 Å². The molecule has 0 aromatic carbocycles. The van der Waals surface area contributed by atoms with Crippen LogP contribution in [-0.4, -0.2) is 30.6 Å². The molecule has 102 valence electrons. The monoisotopic (exact) mass is 266 g/mol. The standard InChI is InChI=1S/C15H26N2S/c1-11(2)13-10-17(8-7-16-13)15(12(3)4)14-6-5-9-18-14/h5-6,9,11-13,15-16H,7-8,10H2,1-4H3. The summed E-state index contributed by atoms with van der Waals surface area (Å²) in [5.41, 5.74) is 0. The molecule has 1 saturated heterocycles. The Kier molecular flexibility index (Phi) is 4.82. The second-order valence-corrected chi connectivity index (χ2v) is 6.98. The molecule has 2 unspecified atom stereocenters. The van der Waals surface area contributed by atoms with Crippen LogP contribution in [0.25, 0.3) is 0 Å². The van der Waals surface area contributed by atoms with Crippen molar-refractivity contribution in [1.29, 1.82) is 0 Å². The molecule has 0 spiro atoms. The van der Waals surface area contributed by atoms with Crippen molar-refractivity contribution in [2.24, 2.45) is 11.8 Å². The molecule has 0 radical (unpaired) electrons. The first-order valence-electron chi connectivity index (χ1n) is 7.10. The van der Waals surface area contributed by atoms with E-state index in [0.29, 0.717) is 23.9 Å². The average molecular weight is 266 g/mol. The highest BCUT2D eigenvalue weighted by Gasteiger charge is 2.30. The fourth-order valence-corrected chi connectivity index (χ4v) is 3.92. The Hall–Kier alpha value is -0.380. The normalized spacial score (nSPS) is 23.8. The van der Waals surface area contributed by atoms with Gasteiger partial charge >= 0.3 is 0 Å². The number of hydrogen-bond donors (Lipinski definition) is 1. The lowest BCUT2D eigenvalue weighted by atomic mass is 9.96. The first-order valence-corrected chi connectivity index (χ1v) is 7.98. The van der Waals surface area contributed by atoms with Gasteiger partial charge in [-0.05, 0) is 23.3 Å². The summed E-state index contributed by atoms with van der Waals surface area (Å²) < 4.78 is 0. The SMILES string of the molecule is CC(C)C1CN(C(c2cccs2)C(C)C)CCN1. The lowest BCUT2D eigenvalue weighted by Crippen LogP contribution is -2.54. The van der Waals surface area contributed by atoms with Crippen molar-refractivity contribution in [3.8, 4) is 0 Å². The van der Waals surface area contributed by atoms with Crippen LogP contribution < -0.4 is 5.32 Å². The highest BCUT2D eigenvalue weighted by atomic mass is 32.1. The summed E-state index contributed by atoms with van der Waals surface area (Å²) in [6, 6.07) is 5.70. The minimum atomic E-state index is 0.591. The van der Waals surface area contributed by atoms with Crippen molar-refractivity contribution < 1.29 is 0 Å². The zero-order valence-corrected chi connectivity index (χ0v) is 12.8. The Morgan fingerprint density at radius 1 is 1.33 bits per heavy atom. The van der Waals surface area contributed by atoms with Crippen LogP contribution in [-0.2, 0) is 0 Å². The van der Waals surface area contributed by atoms with Gasteiger partial charge in [0.1, 0.15) is 0 Å². The fourth-order valence-electron chi connectivity index (χ4n) is 2.89. The molecule has 1 aliphatic heterocycles. The number of thiophene rings is 1.